The van der Waals surface area contributed by atoms with E-state index < -0.39 is 5.60 Å². The number of amides is 1. The minimum Gasteiger partial charge on any atom is -0.465 e. The maximum Gasteiger partial charge on any atom is 0.261 e. The number of nitrogens with zero attached hydrogens (tertiary/aromatic N) is 1. The molecule has 2 aliphatic heterocycles. The lowest BCUT2D eigenvalue weighted by molar-refractivity contribution is -0.0804. The number of anilines is 1. The van der Waals surface area contributed by atoms with Crippen LogP contribution in [0.1, 0.15) is 29.0 Å². The predicted octanol–water partition coefficient (Wildman–Crippen LogP) is 2.28. The van der Waals surface area contributed by atoms with Gasteiger partial charge in [0.05, 0.1) is 11.8 Å². The molecule has 1 N–H and O–H groups in total. The summed E-state index contributed by atoms with van der Waals surface area (Å²) in [7, 11) is 1.67. The van der Waals surface area contributed by atoms with E-state index in [-0.39, 0.29) is 12.7 Å². The highest BCUT2D eigenvalue weighted by atomic mass is 16.7. The first-order valence-corrected chi connectivity index (χ1v) is 8.14. The Hall–Kier alpha value is -2.51. The van der Waals surface area contributed by atoms with Crippen LogP contribution in [0.15, 0.2) is 34.9 Å². The zero-order valence-corrected chi connectivity index (χ0v) is 13.9. The van der Waals surface area contributed by atoms with Crippen LogP contribution in [-0.4, -0.2) is 38.1 Å². The highest BCUT2D eigenvalue weighted by Gasteiger charge is 2.39. The van der Waals surface area contributed by atoms with Gasteiger partial charge >= 0.3 is 0 Å². The van der Waals surface area contributed by atoms with E-state index >= 15 is 0 Å². The van der Waals surface area contributed by atoms with Crippen molar-refractivity contribution in [3.05, 3.63) is 41.9 Å². The highest BCUT2D eigenvalue weighted by molar-refractivity contribution is 6.06. The third kappa shape index (κ3) is 2.75. The normalized spacial score (nSPS) is 18.2. The Morgan fingerprint density at radius 2 is 1.92 bits per heavy atom. The van der Waals surface area contributed by atoms with Crippen molar-refractivity contribution in [2.45, 2.75) is 18.4 Å². The number of carbonyl (C=O) groups excluding carboxylic acids is 1. The number of fused-ring (bicyclic) bond motifs is 1. The molecular weight excluding hydrogens is 326 g/mol. The van der Waals surface area contributed by atoms with Crippen molar-refractivity contribution in [3.8, 4) is 11.5 Å². The van der Waals surface area contributed by atoms with E-state index in [1.807, 2.05) is 0 Å². The largest absolute Gasteiger partial charge is 0.465 e. The molecule has 0 radical (unpaired) electrons. The van der Waals surface area contributed by atoms with Gasteiger partial charge in [0.15, 0.2) is 11.5 Å². The monoisotopic (exact) mass is 345 g/mol. The second-order valence-electron chi connectivity index (χ2n) is 6.21. The fourth-order valence-electron chi connectivity index (χ4n) is 3.17. The molecule has 1 amide bonds. The van der Waals surface area contributed by atoms with Crippen molar-refractivity contribution in [2.24, 2.45) is 0 Å². The summed E-state index contributed by atoms with van der Waals surface area (Å²) >= 11 is 0. The Morgan fingerprint density at radius 1 is 1.16 bits per heavy atom. The average molecular weight is 345 g/mol. The van der Waals surface area contributed by atoms with Crippen molar-refractivity contribution in [1.82, 2.24) is 0 Å². The SMILES string of the molecule is CN(C(=O)c1ccoc1C1(O)CCOCC1)c1ccc2c(c1)OCO2. The molecule has 1 aromatic heterocycles. The second kappa shape index (κ2) is 6.09. The van der Waals surface area contributed by atoms with Crippen LogP contribution in [0.4, 0.5) is 5.69 Å². The maximum atomic E-state index is 13.0. The molecule has 2 aliphatic rings. The van der Waals surface area contributed by atoms with Crippen LogP contribution in [-0.2, 0) is 10.3 Å². The average Bonchev–Trinajstić information content (AvgIpc) is 3.29. The zero-order valence-electron chi connectivity index (χ0n) is 13.9. The number of ether oxygens (including phenoxy) is 3. The Bertz CT molecular complexity index is 793. The molecule has 1 saturated heterocycles. The van der Waals surface area contributed by atoms with Crippen LogP contribution in [0.3, 0.4) is 0 Å². The Balaban J connectivity index is 1.62. The third-order valence-corrected chi connectivity index (χ3v) is 4.69. The molecule has 25 heavy (non-hydrogen) atoms. The minimum absolute atomic E-state index is 0.178. The second-order valence-corrected chi connectivity index (χ2v) is 6.21. The van der Waals surface area contributed by atoms with Gasteiger partial charge in [0.2, 0.25) is 6.79 Å². The summed E-state index contributed by atoms with van der Waals surface area (Å²) in [4.78, 5) is 14.5. The number of aliphatic hydroxyl groups is 1. The summed E-state index contributed by atoms with van der Waals surface area (Å²) in [5.41, 5.74) is -0.160. The maximum absolute atomic E-state index is 13.0. The standard InChI is InChI=1S/C18H19NO6/c1-19(12-2-3-14-15(10-12)25-11-24-14)17(20)13-4-7-23-16(13)18(21)5-8-22-9-6-18/h2-4,7,10,21H,5-6,8-9,11H2,1H3. The van der Waals surface area contributed by atoms with Crippen LogP contribution < -0.4 is 14.4 Å². The molecule has 0 saturated carbocycles. The number of carbonyl (C=O) groups is 1. The topological polar surface area (TPSA) is 81.4 Å². The number of hydrogen-bond acceptors (Lipinski definition) is 6. The van der Waals surface area contributed by atoms with Crippen molar-refractivity contribution in [1.29, 1.82) is 0 Å². The van der Waals surface area contributed by atoms with Gasteiger partial charge in [-0.15, -0.1) is 0 Å². The number of rotatable bonds is 3. The summed E-state index contributed by atoms with van der Waals surface area (Å²) in [6, 6.07) is 6.90. The van der Waals surface area contributed by atoms with Crippen LogP contribution in [0, 0.1) is 0 Å². The molecule has 0 unspecified atom stereocenters. The zero-order chi connectivity index (χ0) is 17.4. The van der Waals surface area contributed by atoms with Gasteiger partial charge in [-0.2, -0.15) is 0 Å². The Kier molecular flexibility index (Phi) is 3.89. The van der Waals surface area contributed by atoms with E-state index in [4.69, 9.17) is 18.6 Å². The van der Waals surface area contributed by atoms with Gasteiger partial charge in [0.25, 0.3) is 5.91 Å². The lowest BCUT2D eigenvalue weighted by Crippen LogP contribution is -2.36. The van der Waals surface area contributed by atoms with Crippen molar-refractivity contribution in [2.75, 3.05) is 32.0 Å². The van der Waals surface area contributed by atoms with Gasteiger partial charge in [-0.3, -0.25) is 4.79 Å². The first-order valence-electron chi connectivity index (χ1n) is 8.14. The van der Waals surface area contributed by atoms with Gasteiger partial charge in [-0.1, -0.05) is 0 Å². The van der Waals surface area contributed by atoms with Crippen LogP contribution in [0.5, 0.6) is 11.5 Å². The van der Waals surface area contributed by atoms with E-state index in [0.29, 0.717) is 54.6 Å². The predicted molar refractivity (Wildman–Crippen MR) is 88.0 cm³/mol. The molecule has 0 atom stereocenters. The minimum atomic E-state index is -1.18. The van der Waals surface area contributed by atoms with Gasteiger partial charge in [-0.05, 0) is 18.2 Å². The van der Waals surface area contributed by atoms with E-state index in [1.54, 1.807) is 31.3 Å². The molecule has 4 rings (SSSR count). The fraction of sp³-hybridized carbons (Fsp3) is 0.389. The van der Waals surface area contributed by atoms with Crippen molar-refractivity contribution in [3.63, 3.8) is 0 Å². The van der Waals surface area contributed by atoms with Gasteiger partial charge < -0.3 is 28.6 Å². The molecule has 7 heteroatoms. The number of benzene rings is 1. The Labute approximate surface area is 144 Å². The van der Waals surface area contributed by atoms with E-state index in [2.05, 4.69) is 0 Å². The molecule has 2 aromatic rings. The van der Waals surface area contributed by atoms with Crippen LogP contribution in [0.2, 0.25) is 0 Å². The molecule has 1 aromatic carbocycles. The molecule has 3 heterocycles. The third-order valence-electron chi connectivity index (χ3n) is 4.69. The van der Waals surface area contributed by atoms with Crippen molar-refractivity contribution < 1.29 is 28.5 Å². The summed E-state index contributed by atoms with van der Waals surface area (Å²) in [5, 5.41) is 10.9. The lowest BCUT2D eigenvalue weighted by Gasteiger charge is -2.31. The fourth-order valence-corrected chi connectivity index (χ4v) is 3.17. The highest BCUT2D eigenvalue weighted by Crippen LogP contribution is 2.37. The molecular formula is C18H19NO6. The molecule has 0 bridgehead atoms. The molecule has 1 fully saturated rings. The number of furan rings is 1. The summed E-state index contributed by atoms with van der Waals surface area (Å²) in [6.07, 6.45) is 2.23. The van der Waals surface area contributed by atoms with E-state index in [9.17, 15) is 9.90 Å². The van der Waals surface area contributed by atoms with Crippen molar-refractivity contribution >= 4 is 11.6 Å². The molecule has 0 spiro atoms. The summed E-state index contributed by atoms with van der Waals surface area (Å²) < 4.78 is 21.4. The first-order chi connectivity index (χ1) is 12.1. The summed E-state index contributed by atoms with van der Waals surface area (Å²) in [5.74, 6) is 1.30. The molecule has 0 aliphatic carbocycles. The van der Waals surface area contributed by atoms with Gasteiger partial charge in [0, 0.05) is 44.9 Å². The lowest BCUT2D eigenvalue weighted by atomic mass is 9.89. The number of hydrogen-bond donors (Lipinski definition) is 1. The molecule has 132 valence electrons. The van der Waals surface area contributed by atoms with Crippen LogP contribution in [0.25, 0.3) is 0 Å². The Morgan fingerprint density at radius 3 is 2.72 bits per heavy atom. The van der Waals surface area contributed by atoms with Crippen LogP contribution >= 0.6 is 0 Å². The first kappa shape index (κ1) is 16.0. The summed E-state index contributed by atoms with van der Waals surface area (Å²) in [6.45, 7) is 1.04. The molecule has 7 nitrogen and oxygen atoms in total. The van der Waals surface area contributed by atoms with E-state index in [1.165, 1.54) is 11.2 Å². The van der Waals surface area contributed by atoms with Gasteiger partial charge in [-0.25, -0.2) is 0 Å². The quantitative estimate of drug-likeness (QED) is 0.919. The van der Waals surface area contributed by atoms with E-state index in [0.717, 1.165) is 0 Å². The smallest absolute Gasteiger partial charge is 0.261 e. The van der Waals surface area contributed by atoms with Gasteiger partial charge in [0.1, 0.15) is 11.4 Å².